The van der Waals surface area contributed by atoms with Crippen molar-refractivity contribution < 1.29 is 23.9 Å². The summed E-state index contributed by atoms with van der Waals surface area (Å²) in [7, 11) is 0. The molecule has 0 atom stereocenters. The molecule has 0 fully saturated rings. The molecule has 2 rings (SSSR count). The Balaban J connectivity index is 2.08. The number of anilines is 2. The minimum absolute atomic E-state index is 0.271. The number of benzene rings is 2. The summed E-state index contributed by atoms with van der Waals surface area (Å²) >= 11 is 0. The Morgan fingerprint density at radius 2 is 1.46 bits per heavy atom. The zero-order chi connectivity index (χ0) is 20.7. The van der Waals surface area contributed by atoms with E-state index in [1.54, 1.807) is 70.2 Å². The van der Waals surface area contributed by atoms with Gasteiger partial charge in [-0.1, -0.05) is 12.1 Å². The lowest BCUT2D eigenvalue weighted by Crippen LogP contribution is -2.27. The third kappa shape index (κ3) is 6.42. The third-order valence-corrected chi connectivity index (χ3v) is 3.40. The highest BCUT2D eigenvalue weighted by Crippen LogP contribution is 2.17. The van der Waals surface area contributed by atoms with Crippen LogP contribution in [0.4, 0.5) is 16.2 Å². The molecular weight excluding hydrogens is 360 g/mol. The van der Waals surface area contributed by atoms with Gasteiger partial charge in [0.2, 0.25) is 0 Å². The molecule has 7 nitrogen and oxygen atoms in total. The van der Waals surface area contributed by atoms with Gasteiger partial charge in [0, 0.05) is 16.9 Å². The molecule has 0 saturated carbocycles. The quantitative estimate of drug-likeness (QED) is 0.742. The number of carbonyl (C=O) groups excluding carboxylic acids is 3. The van der Waals surface area contributed by atoms with Crippen LogP contribution in [0.2, 0.25) is 0 Å². The molecule has 0 aromatic heterocycles. The lowest BCUT2D eigenvalue weighted by atomic mass is 10.1. The van der Waals surface area contributed by atoms with Gasteiger partial charge in [0.15, 0.2) is 0 Å². The summed E-state index contributed by atoms with van der Waals surface area (Å²) in [5, 5.41) is 5.32. The van der Waals surface area contributed by atoms with Crippen LogP contribution < -0.4 is 10.6 Å². The highest BCUT2D eigenvalue weighted by atomic mass is 16.6. The molecule has 0 aliphatic rings. The minimum Gasteiger partial charge on any atom is -0.462 e. The molecule has 0 spiro atoms. The number of esters is 1. The van der Waals surface area contributed by atoms with Crippen LogP contribution in [0.1, 0.15) is 48.4 Å². The average Bonchev–Trinajstić information content (AvgIpc) is 2.60. The summed E-state index contributed by atoms with van der Waals surface area (Å²) in [6.45, 7) is 7.29. The molecular formula is C21H24N2O5. The van der Waals surface area contributed by atoms with Crippen LogP contribution in [0, 0.1) is 0 Å². The molecule has 0 aliphatic heterocycles. The van der Waals surface area contributed by atoms with E-state index in [9.17, 15) is 14.4 Å². The number of ether oxygens (including phenoxy) is 2. The van der Waals surface area contributed by atoms with Crippen molar-refractivity contribution in [1.82, 2.24) is 0 Å². The molecule has 2 aromatic rings. The van der Waals surface area contributed by atoms with Crippen LogP contribution in [-0.4, -0.2) is 30.2 Å². The van der Waals surface area contributed by atoms with Gasteiger partial charge < -0.3 is 14.8 Å². The lowest BCUT2D eigenvalue weighted by molar-refractivity contribution is 0.0525. The van der Waals surface area contributed by atoms with Crippen LogP contribution >= 0.6 is 0 Å². The fraction of sp³-hybridized carbons (Fsp3) is 0.286. The molecule has 148 valence electrons. The van der Waals surface area contributed by atoms with Crippen LogP contribution in [0.5, 0.6) is 0 Å². The van der Waals surface area contributed by atoms with E-state index in [1.165, 1.54) is 6.07 Å². The van der Waals surface area contributed by atoms with E-state index in [1.807, 2.05) is 0 Å². The SMILES string of the molecule is CCOC(=O)c1cccc(NC(=O)c2cccc(NC(=O)OC(C)(C)C)c2)c1. The fourth-order valence-electron chi connectivity index (χ4n) is 2.30. The van der Waals surface area contributed by atoms with Crippen molar-refractivity contribution >= 4 is 29.3 Å². The number of hydrogen-bond donors (Lipinski definition) is 2. The number of hydrogen-bond acceptors (Lipinski definition) is 5. The first kappa shape index (κ1) is 21.0. The standard InChI is InChI=1S/C21H24N2O5/c1-5-27-19(25)15-9-7-10-16(13-15)22-18(24)14-8-6-11-17(12-14)23-20(26)28-21(2,3)4/h6-13H,5H2,1-4H3,(H,22,24)(H,23,26). The zero-order valence-electron chi connectivity index (χ0n) is 16.4. The molecule has 2 aromatic carbocycles. The predicted molar refractivity (Wildman–Crippen MR) is 107 cm³/mol. The number of carbonyl (C=O) groups is 3. The lowest BCUT2D eigenvalue weighted by Gasteiger charge is -2.19. The molecule has 2 amide bonds. The van der Waals surface area contributed by atoms with Gasteiger partial charge in [0.1, 0.15) is 5.60 Å². The van der Waals surface area contributed by atoms with Crippen molar-refractivity contribution in [2.45, 2.75) is 33.3 Å². The molecule has 0 unspecified atom stereocenters. The summed E-state index contributed by atoms with van der Waals surface area (Å²) in [5.41, 5.74) is 0.960. The van der Waals surface area contributed by atoms with Crippen LogP contribution in [-0.2, 0) is 9.47 Å². The second-order valence-electron chi connectivity index (χ2n) is 6.96. The van der Waals surface area contributed by atoms with E-state index in [0.717, 1.165) is 0 Å². The van der Waals surface area contributed by atoms with Gasteiger partial charge >= 0.3 is 12.1 Å². The summed E-state index contributed by atoms with van der Waals surface area (Å²) in [6, 6.07) is 12.9. The monoisotopic (exact) mass is 384 g/mol. The van der Waals surface area contributed by atoms with Crippen LogP contribution in [0.25, 0.3) is 0 Å². The molecule has 0 radical (unpaired) electrons. The van der Waals surface area contributed by atoms with Gasteiger partial charge in [-0.15, -0.1) is 0 Å². The summed E-state index contributed by atoms with van der Waals surface area (Å²) in [6.07, 6.45) is -0.604. The van der Waals surface area contributed by atoms with Crippen molar-refractivity contribution in [3.8, 4) is 0 Å². The van der Waals surface area contributed by atoms with Crippen molar-refractivity contribution in [2.24, 2.45) is 0 Å². The summed E-state index contributed by atoms with van der Waals surface area (Å²) < 4.78 is 10.2. The Morgan fingerprint density at radius 1 is 0.893 bits per heavy atom. The first-order valence-electron chi connectivity index (χ1n) is 8.86. The Bertz CT molecular complexity index is 871. The Labute approximate surface area is 164 Å². The van der Waals surface area contributed by atoms with Gasteiger partial charge in [0.05, 0.1) is 12.2 Å². The average molecular weight is 384 g/mol. The predicted octanol–water partition coefficient (Wildman–Crippen LogP) is 4.46. The fourth-order valence-corrected chi connectivity index (χ4v) is 2.30. The smallest absolute Gasteiger partial charge is 0.412 e. The van der Waals surface area contributed by atoms with E-state index in [2.05, 4.69) is 10.6 Å². The number of nitrogens with one attached hydrogen (secondary N) is 2. The van der Waals surface area contributed by atoms with E-state index in [4.69, 9.17) is 9.47 Å². The maximum atomic E-state index is 12.5. The first-order chi connectivity index (χ1) is 13.2. The van der Waals surface area contributed by atoms with Crippen LogP contribution in [0.3, 0.4) is 0 Å². The normalized spacial score (nSPS) is 10.7. The molecule has 7 heteroatoms. The van der Waals surface area contributed by atoms with Crippen molar-refractivity contribution in [1.29, 1.82) is 0 Å². The highest BCUT2D eigenvalue weighted by Gasteiger charge is 2.17. The van der Waals surface area contributed by atoms with E-state index < -0.39 is 17.7 Å². The van der Waals surface area contributed by atoms with Gasteiger partial charge in [-0.25, -0.2) is 9.59 Å². The third-order valence-electron chi connectivity index (χ3n) is 3.40. The van der Waals surface area contributed by atoms with E-state index in [0.29, 0.717) is 22.5 Å². The summed E-state index contributed by atoms with van der Waals surface area (Å²) in [5.74, 6) is -0.837. The largest absolute Gasteiger partial charge is 0.462 e. The van der Waals surface area contributed by atoms with E-state index >= 15 is 0 Å². The van der Waals surface area contributed by atoms with Crippen molar-refractivity contribution in [2.75, 3.05) is 17.2 Å². The van der Waals surface area contributed by atoms with Gasteiger partial charge in [-0.05, 0) is 64.1 Å². The molecule has 0 saturated heterocycles. The number of rotatable bonds is 5. The topological polar surface area (TPSA) is 93.7 Å². The Hall–Kier alpha value is -3.35. The van der Waals surface area contributed by atoms with E-state index in [-0.39, 0.29) is 12.5 Å². The second kappa shape index (κ2) is 9.03. The molecule has 28 heavy (non-hydrogen) atoms. The maximum Gasteiger partial charge on any atom is 0.412 e. The zero-order valence-corrected chi connectivity index (χ0v) is 16.4. The van der Waals surface area contributed by atoms with Crippen molar-refractivity contribution in [3.05, 3.63) is 59.7 Å². The first-order valence-corrected chi connectivity index (χ1v) is 8.86. The highest BCUT2D eigenvalue weighted by molar-refractivity contribution is 6.05. The summed E-state index contributed by atoms with van der Waals surface area (Å²) in [4.78, 5) is 36.2. The minimum atomic E-state index is -0.622. The van der Waals surface area contributed by atoms with Gasteiger partial charge in [-0.3, -0.25) is 10.1 Å². The number of amides is 2. The molecule has 0 bridgehead atoms. The molecule has 0 heterocycles. The van der Waals surface area contributed by atoms with Gasteiger partial charge in [0.25, 0.3) is 5.91 Å². The van der Waals surface area contributed by atoms with Gasteiger partial charge in [-0.2, -0.15) is 0 Å². The molecule has 0 aliphatic carbocycles. The van der Waals surface area contributed by atoms with Crippen molar-refractivity contribution in [3.63, 3.8) is 0 Å². The second-order valence-corrected chi connectivity index (χ2v) is 6.96. The Kier molecular flexibility index (Phi) is 6.76. The molecule has 2 N–H and O–H groups in total. The van der Waals surface area contributed by atoms with Crippen LogP contribution in [0.15, 0.2) is 48.5 Å². The maximum absolute atomic E-state index is 12.5. The Morgan fingerprint density at radius 3 is 2.07 bits per heavy atom.